The van der Waals surface area contributed by atoms with Crippen molar-refractivity contribution in [3.63, 3.8) is 0 Å². The molecule has 5 heteroatoms. The minimum atomic E-state index is -3.04. The molecule has 0 aromatic rings. The normalized spacial score (nSPS) is 22.1. The van der Waals surface area contributed by atoms with E-state index in [4.69, 9.17) is 0 Å². The molecule has 0 aromatic heterocycles. The van der Waals surface area contributed by atoms with Crippen LogP contribution >= 0.6 is 15.9 Å². The largest absolute Gasteiger partial charge is 0.215 e. The Morgan fingerprint density at radius 3 is 2.29 bits per heavy atom. The molecular formula is C9H18BrNO2S. The zero-order chi connectivity index (χ0) is 10.7. The summed E-state index contributed by atoms with van der Waals surface area (Å²) >= 11 is 3.50. The quantitative estimate of drug-likeness (QED) is 0.801. The van der Waals surface area contributed by atoms with E-state index in [9.17, 15) is 8.42 Å². The highest BCUT2D eigenvalue weighted by Crippen LogP contribution is 2.37. The fourth-order valence-corrected chi connectivity index (χ4v) is 3.27. The second kappa shape index (κ2) is 4.94. The highest BCUT2D eigenvalue weighted by molar-refractivity contribution is 9.09. The highest BCUT2D eigenvalue weighted by Gasteiger charge is 2.31. The number of halogens is 1. The summed E-state index contributed by atoms with van der Waals surface area (Å²) in [6.07, 6.45) is 7.20. The Morgan fingerprint density at radius 1 is 1.29 bits per heavy atom. The van der Waals surface area contributed by atoms with E-state index in [0.29, 0.717) is 6.54 Å². The number of hydrogen-bond donors (Lipinski definition) is 1. The molecule has 1 fully saturated rings. The lowest BCUT2D eigenvalue weighted by molar-refractivity contribution is 0.227. The van der Waals surface area contributed by atoms with Crippen molar-refractivity contribution < 1.29 is 8.42 Å². The zero-order valence-electron chi connectivity index (χ0n) is 8.55. The Labute approximate surface area is 94.8 Å². The Bertz CT molecular complexity index is 271. The summed E-state index contributed by atoms with van der Waals surface area (Å²) < 4.78 is 24.6. The molecule has 1 aliphatic carbocycles. The van der Waals surface area contributed by atoms with Gasteiger partial charge in [0.2, 0.25) is 10.0 Å². The van der Waals surface area contributed by atoms with Gasteiger partial charge in [-0.15, -0.1) is 0 Å². The number of hydrogen-bond acceptors (Lipinski definition) is 2. The van der Waals surface area contributed by atoms with E-state index in [-0.39, 0.29) is 5.41 Å². The van der Waals surface area contributed by atoms with E-state index in [2.05, 4.69) is 20.7 Å². The highest BCUT2D eigenvalue weighted by atomic mass is 79.9. The fraction of sp³-hybridized carbons (Fsp3) is 1.00. The molecule has 0 spiro atoms. The Morgan fingerprint density at radius 2 is 1.86 bits per heavy atom. The van der Waals surface area contributed by atoms with Crippen LogP contribution in [0.3, 0.4) is 0 Å². The molecule has 0 amide bonds. The van der Waals surface area contributed by atoms with Crippen molar-refractivity contribution in [1.29, 1.82) is 0 Å². The molecule has 0 unspecified atom stereocenters. The molecule has 0 aliphatic heterocycles. The van der Waals surface area contributed by atoms with Crippen LogP contribution < -0.4 is 4.72 Å². The monoisotopic (exact) mass is 283 g/mol. The summed E-state index contributed by atoms with van der Waals surface area (Å²) in [6, 6.07) is 0. The maximum absolute atomic E-state index is 11.0. The maximum Gasteiger partial charge on any atom is 0.208 e. The first-order valence-corrected chi connectivity index (χ1v) is 7.99. The average Bonchev–Trinajstić information content (AvgIpc) is 2.15. The Hall–Kier alpha value is 0.390. The van der Waals surface area contributed by atoms with E-state index < -0.39 is 10.0 Å². The summed E-state index contributed by atoms with van der Waals surface area (Å²) in [7, 11) is -3.04. The van der Waals surface area contributed by atoms with Gasteiger partial charge in [-0.05, 0) is 18.3 Å². The first-order chi connectivity index (χ1) is 6.47. The molecule has 0 atom stereocenters. The van der Waals surface area contributed by atoms with Gasteiger partial charge in [0.15, 0.2) is 0 Å². The van der Waals surface area contributed by atoms with Gasteiger partial charge >= 0.3 is 0 Å². The molecule has 1 saturated carbocycles. The van der Waals surface area contributed by atoms with E-state index in [0.717, 1.165) is 18.2 Å². The molecule has 3 nitrogen and oxygen atoms in total. The van der Waals surface area contributed by atoms with Crippen LogP contribution in [-0.4, -0.2) is 26.5 Å². The molecule has 0 radical (unpaired) electrons. The summed E-state index contributed by atoms with van der Waals surface area (Å²) in [5.41, 5.74) is 0.154. The van der Waals surface area contributed by atoms with Crippen LogP contribution in [0.15, 0.2) is 0 Å². The van der Waals surface area contributed by atoms with Crippen molar-refractivity contribution in [2.45, 2.75) is 32.1 Å². The topological polar surface area (TPSA) is 46.2 Å². The standard InChI is InChI=1S/C9H18BrNO2S/c1-14(12,13)11-8-9(7-10)5-3-2-4-6-9/h11H,2-8H2,1H3. The summed E-state index contributed by atoms with van der Waals surface area (Å²) in [5.74, 6) is 0. The lowest BCUT2D eigenvalue weighted by Crippen LogP contribution is -2.39. The van der Waals surface area contributed by atoms with E-state index in [1.165, 1.54) is 25.5 Å². The van der Waals surface area contributed by atoms with Crippen LogP contribution in [0.25, 0.3) is 0 Å². The van der Waals surface area contributed by atoms with Gasteiger partial charge in [-0.2, -0.15) is 0 Å². The molecule has 1 N–H and O–H groups in total. The van der Waals surface area contributed by atoms with Crippen molar-refractivity contribution in [3.05, 3.63) is 0 Å². The number of alkyl halides is 1. The lowest BCUT2D eigenvalue weighted by atomic mass is 9.76. The third-order valence-corrected chi connectivity index (χ3v) is 4.77. The third-order valence-electron chi connectivity index (χ3n) is 2.91. The molecule has 14 heavy (non-hydrogen) atoms. The van der Waals surface area contributed by atoms with Crippen LogP contribution in [0.4, 0.5) is 0 Å². The number of rotatable bonds is 4. The van der Waals surface area contributed by atoms with Crippen molar-refractivity contribution in [2.75, 3.05) is 18.1 Å². The Balaban J connectivity index is 2.52. The van der Waals surface area contributed by atoms with Gasteiger partial charge in [-0.1, -0.05) is 35.2 Å². The fourth-order valence-electron chi connectivity index (χ4n) is 1.94. The minimum absolute atomic E-state index is 0.154. The van der Waals surface area contributed by atoms with Crippen LogP contribution in [0.2, 0.25) is 0 Å². The molecule has 0 saturated heterocycles. The predicted octanol–water partition coefficient (Wildman–Crippen LogP) is 1.88. The minimum Gasteiger partial charge on any atom is -0.215 e. The molecule has 0 heterocycles. The van der Waals surface area contributed by atoms with Crippen molar-refractivity contribution in [1.82, 2.24) is 4.72 Å². The van der Waals surface area contributed by atoms with Crippen LogP contribution in [-0.2, 0) is 10.0 Å². The SMILES string of the molecule is CS(=O)(=O)NCC1(CBr)CCCCC1. The van der Waals surface area contributed by atoms with Crippen molar-refractivity contribution in [3.8, 4) is 0 Å². The maximum atomic E-state index is 11.0. The molecule has 1 aliphatic rings. The molecule has 1 rings (SSSR count). The first kappa shape index (κ1) is 12.5. The second-order valence-corrected chi connectivity index (χ2v) is 6.68. The molecule has 0 bridgehead atoms. The number of sulfonamides is 1. The summed E-state index contributed by atoms with van der Waals surface area (Å²) in [5, 5.41) is 0.891. The van der Waals surface area contributed by atoms with Crippen molar-refractivity contribution in [2.24, 2.45) is 5.41 Å². The van der Waals surface area contributed by atoms with Gasteiger partial charge < -0.3 is 0 Å². The zero-order valence-corrected chi connectivity index (χ0v) is 11.0. The summed E-state index contributed by atoms with van der Waals surface area (Å²) in [6.45, 7) is 0.580. The first-order valence-electron chi connectivity index (χ1n) is 4.98. The third kappa shape index (κ3) is 3.87. The van der Waals surface area contributed by atoms with E-state index >= 15 is 0 Å². The predicted molar refractivity (Wildman–Crippen MR) is 62.2 cm³/mol. The molecular weight excluding hydrogens is 266 g/mol. The van der Waals surface area contributed by atoms with Crippen LogP contribution in [0, 0.1) is 5.41 Å². The average molecular weight is 284 g/mol. The van der Waals surface area contributed by atoms with E-state index in [1.54, 1.807) is 0 Å². The lowest BCUT2D eigenvalue weighted by Gasteiger charge is -2.35. The number of nitrogens with one attached hydrogen (secondary N) is 1. The van der Waals surface area contributed by atoms with Gasteiger partial charge in [0.05, 0.1) is 6.26 Å². The molecule has 84 valence electrons. The van der Waals surface area contributed by atoms with Gasteiger partial charge in [0, 0.05) is 11.9 Å². The van der Waals surface area contributed by atoms with E-state index in [1.807, 2.05) is 0 Å². The summed E-state index contributed by atoms with van der Waals surface area (Å²) in [4.78, 5) is 0. The van der Waals surface area contributed by atoms with Gasteiger partial charge in [0.1, 0.15) is 0 Å². The van der Waals surface area contributed by atoms with Crippen molar-refractivity contribution >= 4 is 26.0 Å². The second-order valence-electron chi connectivity index (χ2n) is 4.29. The van der Waals surface area contributed by atoms with Crippen LogP contribution in [0.5, 0.6) is 0 Å². The Kier molecular flexibility index (Phi) is 4.40. The van der Waals surface area contributed by atoms with Gasteiger partial charge in [0.25, 0.3) is 0 Å². The molecule has 0 aromatic carbocycles. The van der Waals surface area contributed by atoms with Gasteiger partial charge in [-0.3, -0.25) is 0 Å². The smallest absolute Gasteiger partial charge is 0.208 e. The van der Waals surface area contributed by atoms with Gasteiger partial charge in [-0.25, -0.2) is 13.1 Å². The van der Waals surface area contributed by atoms with Crippen LogP contribution in [0.1, 0.15) is 32.1 Å².